The molecular formula is C25H28ClF2N3O4. The summed E-state index contributed by atoms with van der Waals surface area (Å²) in [6.45, 7) is 4.88. The maximum atomic E-state index is 14.7. The van der Waals surface area contributed by atoms with Gasteiger partial charge in [-0.3, -0.25) is 9.59 Å². The molecule has 2 amide bonds. The predicted molar refractivity (Wildman–Crippen MR) is 127 cm³/mol. The maximum absolute atomic E-state index is 14.7. The van der Waals surface area contributed by atoms with Crippen molar-refractivity contribution in [3.8, 4) is 0 Å². The molecule has 188 valence electrons. The fraction of sp³-hybridized carbons (Fsp3) is 0.440. The van der Waals surface area contributed by atoms with Crippen LogP contribution < -0.4 is 10.6 Å². The predicted octanol–water partition coefficient (Wildman–Crippen LogP) is 3.44. The Bertz CT molecular complexity index is 1130. The highest BCUT2D eigenvalue weighted by atomic mass is 35.5. The van der Waals surface area contributed by atoms with E-state index in [-0.39, 0.29) is 42.7 Å². The van der Waals surface area contributed by atoms with E-state index >= 15 is 0 Å². The fourth-order valence-corrected chi connectivity index (χ4v) is 4.69. The van der Waals surface area contributed by atoms with Gasteiger partial charge in [-0.1, -0.05) is 23.2 Å². The standard InChI is InChI=1S/C25H28ClF2N3O4/c1-3-29-21-5-4-13(2)6-17(21)25(34)31-10-15(32)7-22(31)24(33)30-23(14-11-35-12-14)16-8-20(28)18(26)9-19(16)27/h4-6,8-9,14-15,22-23,29,32H,3,7,10-12H2,1-2H3,(H,30,33)/t15-,22+,23?/m0/s1. The molecule has 3 N–H and O–H groups in total. The monoisotopic (exact) mass is 507 g/mol. The molecule has 0 saturated carbocycles. The van der Waals surface area contributed by atoms with Crippen molar-refractivity contribution in [3.63, 3.8) is 0 Å². The number of hydrogen-bond acceptors (Lipinski definition) is 5. The molecule has 4 rings (SSSR count). The van der Waals surface area contributed by atoms with Crippen LogP contribution in [-0.4, -0.2) is 60.3 Å². The minimum atomic E-state index is -0.976. The lowest BCUT2D eigenvalue weighted by Gasteiger charge is -2.36. The van der Waals surface area contributed by atoms with E-state index in [9.17, 15) is 23.5 Å². The number of nitrogens with zero attached hydrogens (tertiary/aromatic N) is 1. The number of β-amino-alcohol motifs (C(OH)–C–C–N with tert-alkyl or cyclic N) is 1. The van der Waals surface area contributed by atoms with Gasteiger partial charge in [-0.05, 0) is 38.1 Å². The van der Waals surface area contributed by atoms with Crippen LogP contribution in [0.25, 0.3) is 0 Å². The van der Waals surface area contributed by atoms with Gasteiger partial charge >= 0.3 is 0 Å². The van der Waals surface area contributed by atoms with E-state index in [4.69, 9.17) is 16.3 Å². The Kier molecular flexibility index (Phi) is 7.59. The molecule has 7 nitrogen and oxygen atoms in total. The first kappa shape index (κ1) is 25.3. The largest absolute Gasteiger partial charge is 0.391 e. The van der Waals surface area contributed by atoms with Crippen LogP contribution in [0.4, 0.5) is 14.5 Å². The molecular weight excluding hydrogens is 480 g/mol. The van der Waals surface area contributed by atoms with E-state index in [0.717, 1.165) is 17.7 Å². The number of benzene rings is 2. The summed E-state index contributed by atoms with van der Waals surface area (Å²) < 4.78 is 34.1. The molecule has 0 aromatic heterocycles. The van der Waals surface area contributed by atoms with Crippen LogP contribution in [0.2, 0.25) is 5.02 Å². The SMILES string of the molecule is CCNc1ccc(C)cc1C(=O)N1C[C@@H](O)C[C@@H]1C(=O)NC(c1cc(F)c(Cl)cc1F)C1COC1. The summed E-state index contributed by atoms with van der Waals surface area (Å²) in [4.78, 5) is 28.2. The third-order valence-electron chi connectivity index (χ3n) is 6.42. The van der Waals surface area contributed by atoms with Crippen molar-refractivity contribution in [1.82, 2.24) is 10.2 Å². The molecule has 0 radical (unpaired) electrons. The Labute approximate surface area is 207 Å². The van der Waals surface area contributed by atoms with Crippen LogP contribution in [0, 0.1) is 24.5 Å². The van der Waals surface area contributed by atoms with Gasteiger partial charge in [0.15, 0.2) is 0 Å². The molecule has 2 aromatic rings. The van der Waals surface area contributed by atoms with Crippen LogP contribution in [0.1, 0.15) is 40.9 Å². The number of amides is 2. The van der Waals surface area contributed by atoms with E-state index in [0.29, 0.717) is 17.8 Å². The van der Waals surface area contributed by atoms with Gasteiger partial charge in [0, 0.05) is 36.7 Å². The zero-order valence-electron chi connectivity index (χ0n) is 19.5. The molecule has 2 heterocycles. The number of halogens is 3. The first-order valence-electron chi connectivity index (χ1n) is 11.6. The molecule has 3 atom stereocenters. The zero-order chi connectivity index (χ0) is 25.3. The van der Waals surface area contributed by atoms with E-state index in [1.807, 2.05) is 19.9 Å². The highest BCUT2D eigenvalue weighted by Crippen LogP contribution is 2.33. The minimum absolute atomic E-state index is 0.0163. The average molecular weight is 508 g/mol. The lowest BCUT2D eigenvalue weighted by Crippen LogP contribution is -2.50. The van der Waals surface area contributed by atoms with Gasteiger partial charge in [-0.25, -0.2) is 8.78 Å². The van der Waals surface area contributed by atoms with Crippen LogP contribution >= 0.6 is 11.6 Å². The number of aliphatic hydroxyl groups is 1. The van der Waals surface area contributed by atoms with Crippen molar-refractivity contribution >= 4 is 29.1 Å². The molecule has 0 bridgehead atoms. The van der Waals surface area contributed by atoms with Gasteiger partial charge in [-0.15, -0.1) is 0 Å². The van der Waals surface area contributed by atoms with Crippen molar-refractivity contribution < 1.29 is 28.2 Å². The lowest BCUT2D eigenvalue weighted by atomic mass is 9.90. The van der Waals surface area contributed by atoms with Crippen molar-refractivity contribution in [2.75, 3.05) is 31.6 Å². The Morgan fingerprint density at radius 3 is 2.63 bits per heavy atom. The normalized spacial score (nSPS) is 20.9. The second-order valence-corrected chi connectivity index (χ2v) is 9.42. The summed E-state index contributed by atoms with van der Waals surface area (Å²) in [5.74, 6) is -2.77. The Balaban J connectivity index is 1.61. The quantitative estimate of drug-likeness (QED) is 0.499. The molecule has 2 saturated heterocycles. The van der Waals surface area contributed by atoms with Crippen molar-refractivity contribution in [3.05, 3.63) is 63.7 Å². The highest BCUT2D eigenvalue weighted by molar-refractivity contribution is 6.30. The summed E-state index contributed by atoms with van der Waals surface area (Å²) in [6, 6.07) is 5.41. The Hall–Kier alpha value is -2.75. The third kappa shape index (κ3) is 5.27. The number of carbonyl (C=O) groups is 2. The summed E-state index contributed by atoms with van der Waals surface area (Å²) >= 11 is 5.70. The van der Waals surface area contributed by atoms with E-state index in [1.165, 1.54) is 4.90 Å². The molecule has 2 aliphatic rings. The Morgan fingerprint density at radius 1 is 1.23 bits per heavy atom. The summed E-state index contributed by atoms with van der Waals surface area (Å²) in [5, 5.41) is 15.9. The highest BCUT2D eigenvalue weighted by Gasteiger charge is 2.42. The number of anilines is 1. The number of likely N-dealkylation sites (tertiary alicyclic amines) is 1. The van der Waals surface area contributed by atoms with Crippen molar-refractivity contribution in [2.45, 2.75) is 38.5 Å². The smallest absolute Gasteiger partial charge is 0.256 e. The van der Waals surface area contributed by atoms with Crippen molar-refractivity contribution in [2.24, 2.45) is 5.92 Å². The van der Waals surface area contributed by atoms with E-state index < -0.39 is 41.6 Å². The number of rotatable bonds is 7. The number of hydrogen-bond donors (Lipinski definition) is 3. The van der Waals surface area contributed by atoms with Gasteiger partial charge in [0.05, 0.1) is 35.9 Å². The van der Waals surface area contributed by atoms with E-state index in [2.05, 4.69) is 10.6 Å². The summed E-state index contributed by atoms with van der Waals surface area (Å²) in [6.07, 6.45) is -0.858. The van der Waals surface area contributed by atoms with Crippen LogP contribution in [0.5, 0.6) is 0 Å². The minimum Gasteiger partial charge on any atom is -0.391 e. The molecule has 0 spiro atoms. The van der Waals surface area contributed by atoms with Gasteiger partial charge in [0.1, 0.15) is 17.7 Å². The molecule has 0 aliphatic carbocycles. The van der Waals surface area contributed by atoms with Gasteiger partial charge in [0.2, 0.25) is 5.91 Å². The summed E-state index contributed by atoms with van der Waals surface area (Å²) in [7, 11) is 0. The maximum Gasteiger partial charge on any atom is 0.256 e. The number of nitrogens with one attached hydrogen (secondary N) is 2. The molecule has 10 heteroatoms. The first-order valence-corrected chi connectivity index (χ1v) is 11.9. The Morgan fingerprint density at radius 2 is 1.97 bits per heavy atom. The summed E-state index contributed by atoms with van der Waals surface area (Å²) in [5.41, 5.74) is 1.86. The molecule has 2 aliphatic heterocycles. The third-order valence-corrected chi connectivity index (χ3v) is 6.71. The molecule has 35 heavy (non-hydrogen) atoms. The van der Waals surface area contributed by atoms with Gasteiger partial charge < -0.3 is 25.4 Å². The second kappa shape index (κ2) is 10.5. The molecule has 2 aromatic carbocycles. The van der Waals surface area contributed by atoms with Crippen LogP contribution in [-0.2, 0) is 9.53 Å². The molecule has 2 fully saturated rings. The fourth-order valence-electron chi connectivity index (χ4n) is 4.54. The van der Waals surface area contributed by atoms with Crippen LogP contribution in [0.15, 0.2) is 30.3 Å². The topological polar surface area (TPSA) is 90.9 Å². The first-order chi connectivity index (χ1) is 16.7. The van der Waals surface area contributed by atoms with Crippen molar-refractivity contribution in [1.29, 1.82) is 0 Å². The number of carbonyl (C=O) groups excluding carboxylic acids is 2. The second-order valence-electron chi connectivity index (χ2n) is 9.01. The lowest BCUT2D eigenvalue weighted by molar-refractivity contribution is -0.128. The van der Waals surface area contributed by atoms with Gasteiger partial charge in [0.25, 0.3) is 5.91 Å². The van der Waals surface area contributed by atoms with Crippen LogP contribution in [0.3, 0.4) is 0 Å². The van der Waals surface area contributed by atoms with E-state index in [1.54, 1.807) is 12.1 Å². The zero-order valence-corrected chi connectivity index (χ0v) is 20.2. The number of ether oxygens (including phenoxy) is 1. The average Bonchev–Trinajstić information content (AvgIpc) is 3.17. The number of aliphatic hydroxyl groups excluding tert-OH is 1. The molecule has 1 unspecified atom stereocenters. The number of aryl methyl sites for hydroxylation is 1. The van der Waals surface area contributed by atoms with Gasteiger partial charge in [-0.2, -0.15) is 0 Å².